The minimum atomic E-state index is -1.98. The van der Waals surface area contributed by atoms with Gasteiger partial charge in [0.25, 0.3) is 0 Å². The predicted molar refractivity (Wildman–Crippen MR) is 106 cm³/mol. The summed E-state index contributed by atoms with van der Waals surface area (Å²) < 4.78 is 11.1. The lowest BCUT2D eigenvalue weighted by molar-refractivity contribution is -0.261. The van der Waals surface area contributed by atoms with Crippen molar-refractivity contribution >= 4 is 11.9 Å². The zero-order chi connectivity index (χ0) is 22.6. The molecule has 3 rings (SSSR count). The molecular formula is C22H34O8. The number of fused-ring (bicyclic) bond motifs is 2. The molecule has 0 aromatic heterocycles. The second-order valence-corrected chi connectivity index (χ2v) is 9.82. The Kier molecular flexibility index (Phi) is 5.86. The Morgan fingerprint density at radius 1 is 1.20 bits per heavy atom. The number of carbonyl (C=O) groups is 2. The average Bonchev–Trinajstić information content (AvgIpc) is 2.85. The third-order valence-corrected chi connectivity index (χ3v) is 7.75. The van der Waals surface area contributed by atoms with E-state index in [0.29, 0.717) is 12.8 Å². The minimum Gasteiger partial charge on any atom is -0.459 e. The third-order valence-electron chi connectivity index (χ3n) is 7.75. The second-order valence-electron chi connectivity index (χ2n) is 9.82. The Bertz CT molecular complexity index is 745. The smallest absolute Gasteiger partial charge is 0.312 e. The molecule has 9 atom stereocenters. The van der Waals surface area contributed by atoms with Gasteiger partial charge in [-0.05, 0) is 52.5 Å². The molecule has 4 N–H and O–H groups in total. The molecule has 2 fully saturated rings. The van der Waals surface area contributed by atoms with E-state index in [9.17, 15) is 30.0 Å². The van der Waals surface area contributed by atoms with Crippen LogP contribution in [-0.4, -0.2) is 68.0 Å². The average molecular weight is 427 g/mol. The summed E-state index contributed by atoms with van der Waals surface area (Å²) in [6.07, 6.45) is -1.73. The number of ether oxygens (including phenoxy) is 2. The first-order valence-corrected chi connectivity index (χ1v) is 10.6. The maximum absolute atomic E-state index is 12.5. The second kappa shape index (κ2) is 7.58. The Labute approximate surface area is 176 Å². The molecule has 0 aromatic carbocycles. The number of aliphatic hydroxyl groups is 4. The highest BCUT2D eigenvalue weighted by Gasteiger charge is 2.69. The first kappa shape index (κ1) is 23.2. The van der Waals surface area contributed by atoms with Crippen molar-refractivity contribution in [2.45, 2.75) is 95.9 Å². The van der Waals surface area contributed by atoms with Crippen LogP contribution in [0.4, 0.5) is 0 Å². The zero-order valence-corrected chi connectivity index (χ0v) is 18.3. The molecule has 0 amide bonds. The molecule has 8 heteroatoms. The van der Waals surface area contributed by atoms with Gasteiger partial charge in [0.15, 0.2) is 11.7 Å². The summed E-state index contributed by atoms with van der Waals surface area (Å²) in [7, 11) is 0. The lowest BCUT2D eigenvalue weighted by Crippen LogP contribution is -2.70. The molecular weight excluding hydrogens is 392 g/mol. The molecule has 1 saturated heterocycles. The first-order chi connectivity index (χ1) is 13.8. The van der Waals surface area contributed by atoms with Gasteiger partial charge >= 0.3 is 11.9 Å². The van der Waals surface area contributed by atoms with Gasteiger partial charge in [0.1, 0.15) is 6.10 Å². The van der Waals surface area contributed by atoms with Gasteiger partial charge in [0.05, 0.1) is 23.7 Å². The van der Waals surface area contributed by atoms with Crippen LogP contribution in [0.25, 0.3) is 0 Å². The van der Waals surface area contributed by atoms with E-state index in [4.69, 9.17) is 9.47 Å². The van der Waals surface area contributed by atoms with Crippen LogP contribution in [0.2, 0.25) is 0 Å². The summed E-state index contributed by atoms with van der Waals surface area (Å²) in [5.41, 5.74) is -3.97. The van der Waals surface area contributed by atoms with Gasteiger partial charge in [-0.15, -0.1) is 0 Å². The Morgan fingerprint density at radius 2 is 1.80 bits per heavy atom. The van der Waals surface area contributed by atoms with Crippen LogP contribution in [0, 0.1) is 17.3 Å². The maximum atomic E-state index is 12.5. The van der Waals surface area contributed by atoms with Gasteiger partial charge in [-0.1, -0.05) is 12.5 Å². The molecule has 1 heterocycles. The Morgan fingerprint density at radius 3 is 2.40 bits per heavy atom. The molecule has 1 saturated carbocycles. The van der Waals surface area contributed by atoms with Crippen LogP contribution in [0.5, 0.6) is 0 Å². The van der Waals surface area contributed by atoms with E-state index < -0.39 is 64.8 Å². The lowest BCUT2D eigenvalue weighted by Gasteiger charge is -2.58. The maximum Gasteiger partial charge on any atom is 0.312 e. The molecule has 0 radical (unpaired) electrons. The highest BCUT2D eigenvalue weighted by molar-refractivity contribution is 5.77. The van der Waals surface area contributed by atoms with Crippen molar-refractivity contribution in [2.24, 2.45) is 17.3 Å². The minimum absolute atomic E-state index is 0.178. The topological polar surface area (TPSA) is 134 Å². The summed E-state index contributed by atoms with van der Waals surface area (Å²) in [6.45, 7) is 7.69. The molecule has 2 aliphatic carbocycles. The Hall–Kier alpha value is -1.48. The van der Waals surface area contributed by atoms with E-state index in [1.165, 1.54) is 13.8 Å². The van der Waals surface area contributed by atoms with E-state index in [0.717, 1.165) is 5.57 Å². The Balaban J connectivity index is 2.30. The van der Waals surface area contributed by atoms with Crippen molar-refractivity contribution < 1.29 is 39.5 Å². The fourth-order valence-corrected chi connectivity index (χ4v) is 5.81. The number of hydrogen-bond donors (Lipinski definition) is 4. The summed E-state index contributed by atoms with van der Waals surface area (Å²) in [5.74, 6) is -3.44. The van der Waals surface area contributed by atoms with Crippen LogP contribution in [0.3, 0.4) is 0 Å². The molecule has 1 aliphatic heterocycles. The summed E-state index contributed by atoms with van der Waals surface area (Å²) in [6, 6.07) is 0. The molecule has 170 valence electrons. The standard InChI is InChI=1S/C22H34O8/c1-11-6-7-14(24)21(5)15(25)8-9-20(4,27)17(21)18(29-13(3)23)22(28)12(2)19(26)30-16(22)10-11/h10,12,14-18,24-25,27-28H,6-9H2,1-5H3/b11-10-/t12-,14-,15-,16-,17-,18+,20-,21-,22+/m0/s1. The van der Waals surface area contributed by atoms with Crippen LogP contribution in [-0.2, 0) is 19.1 Å². The normalized spacial score (nSPS) is 51.1. The van der Waals surface area contributed by atoms with Crippen LogP contribution in [0.15, 0.2) is 11.6 Å². The molecule has 0 bridgehead atoms. The fourth-order valence-electron chi connectivity index (χ4n) is 5.81. The fraction of sp³-hybridized carbons (Fsp3) is 0.818. The monoisotopic (exact) mass is 426 g/mol. The molecule has 8 nitrogen and oxygen atoms in total. The van der Waals surface area contributed by atoms with Crippen molar-refractivity contribution in [1.29, 1.82) is 0 Å². The van der Waals surface area contributed by atoms with Gasteiger partial charge in [-0.25, -0.2) is 0 Å². The van der Waals surface area contributed by atoms with Crippen molar-refractivity contribution in [3.8, 4) is 0 Å². The van der Waals surface area contributed by atoms with E-state index in [2.05, 4.69) is 0 Å². The highest BCUT2D eigenvalue weighted by atomic mass is 16.6. The van der Waals surface area contributed by atoms with Crippen molar-refractivity contribution in [3.05, 3.63) is 11.6 Å². The SMILES string of the molecule is CC(=O)O[C@@H]1[C@@H]2[C@@](C)([C@@H](O)CC/C(C)=C\[C@@H]3OC(=O)[C@H](C)[C@@]31O)[C@@H](O)CC[C@]2(C)O. The quantitative estimate of drug-likeness (QED) is 0.358. The largest absolute Gasteiger partial charge is 0.459 e. The van der Waals surface area contributed by atoms with Gasteiger partial charge < -0.3 is 29.9 Å². The van der Waals surface area contributed by atoms with Crippen molar-refractivity contribution in [3.63, 3.8) is 0 Å². The summed E-state index contributed by atoms with van der Waals surface area (Å²) >= 11 is 0. The van der Waals surface area contributed by atoms with Gasteiger partial charge in [0, 0.05) is 18.3 Å². The van der Waals surface area contributed by atoms with Crippen molar-refractivity contribution in [1.82, 2.24) is 0 Å². The number of carbonyl (C=O) groups excluding carboxylic acids is 2. The lowest BCUT2D eigenvalue weighted by atomic mass is 9.52. The van der Waals surface area contributed by atoms with Gasteiger partial charge in [-0.2, -0.15) is 0 Å². The first-order valence-electron chi connectivity index (χ1n) is 10.6. The third kappa shape index (κ3) is 3.38. The summed E-state index contributed by atoms with van der Waals surface area (Å²) in [4.78, 5) is 24.6. The van der Waals surface area contributed by atoms with E-state index in [-0.39, 0.29) is 12.8 Å². The van der Waals surface area contributed by atoms with Crippen LogP contribution < -0.4 is 0 Å². The molecule has 0 spiro atoms. The summed E-state index contributed by atoms with van der Waals surface area (Å²) in [5, 5.41) is 45.5. The molecule has 30 heavy (non-hydrogen) atoms. The molecule has 0 unspecified atom stereocenters. The van der Waals surface area contributed by atoms with E-state index in [1.54, 1.807) is 26.8 Å². The number of rotatable bonds is 1. The van der Waals surface area contributed by atoms with Gasteiger partial charge in [-0.3, -0.25) is 9.59 Å². The van der Waals surface area contributed by atoms with Gasteiger partial charge in [0.2, 0.25) is 0 Å². The highest BCUT2D eigenvalue weighted by Crippen LogP contribution is 2.56. The molecule has 0 aromatic rings. The van der Waals surface area contributed by atoms with E-state index in [1.807, 2.05) is 0 Å². The van der Waals surface area contributed by atoms with E-state index >= 15 is 0 Å². The van der Waals surface area contributed by atoms with Crippen LogP contribution >= 0.6 is 0 Å². The number of hydrogen-bond acceptors (Lipinski definition) is 8. The number of allylic oxidation sites excluding steroid dienone is 1. The molecule has 3 aliphatic rings. The zero-order valence-electron chi connectivity index (χ0n) is 18.3. The number of aliphatic hydroxyl groups excluding tert-OH is 2. The number of esters is 2. The predicted octanol–water partition coefficient (Wildman–Crippen LogP) is 0.840. The van der Waals surface area contributed by atoms with Crippen molar-refractivity contribution in [2.75, 3.05) is 0 Å². The van der Waals surface area contributed by atoms with Crippen LogP contribution in [0.1, 0.15) is 60.3 Å².